The first-order valence-electron chi connectivity index (χ1n) is 7.23. The maximum Gasteiger partial charge on any atom is 0.0459 e. The van der Waals surface area contributed by atoms with E-state index in [-0.39, 0.29) is 6.04 Å². The highest BCUT2D eigenvalue weighted by Crippen LogP contribution is 2.43. The third-order valence-electron chi connectivity index (χ3n) is 3.92. The van der Waals surface area contributed by atoms with E-state index >= 15 is 0 Å². The average Bonchev–Trinajstić information content (AvgIpc) is 2.37. The summed E-state index contributed by atoms with van der Waals surface area (Å²) in [5.41, 5.74) is 7.60. The molecule has 1 aliphatic rings. The molecule has 2 rings (SSSR count). The maximum atomic E-state index is 6.25. The lowest BCUT2D eigenvalue weighted by molar-refractivity contribution is 0.393. The van der Waals surface area contributed by atoms with E-state index in [1.807, 2.05) is 0 Å². The fourth-order valence-electron chi connectivity index (χ4n) is 2.90. The Hall–Kier alpha value is 0.01000. The summed E-state index contributed by atoms with van der Waals surface area (Å²) in [5.74, 6) is 0.874. The van der Waals surface area contributed by atoms with Gasteiger partial charge in [-0.2, -0.15) is 0 Å². The second-order valence-corrected chi connectivity index (χ2v) is 8.13. The Morgan fingerprint density at radius 1 is 1.32 bits per heavy atom. The van der Waals surface area contributed by atoms with E-state index < -0.39 is 0 Å². The van der Waals surface area contributed by atoms with Gasteiger partial charge in [0, 0.05) is 21.0 Å². The first kappa shape index (κ1) is 15.4. The molecule has 106 valence electrons. The van der Waals surface area contributed by atoms with E-state index in [1.54, 1.807) is 0 Å². The number of rotatable bonds is 4. The van der Waals surface area contributed by atoms with E-state index in [4.69, 9.17) is 5.73 Å². The van der Waals surface area contributed by atoms with Crippen LogP contribution < -0.4 is 5.73 Å². The van der Waals surface area contributed by atoms with Crippen molar-refractivity contribution in [1.29, 1.82) is 0 Å². The Morgan fingerprint density at radius 3 is 2.68 bits per heavy atom. The highest BCUT2D eigenvalue weighted by atomic mass is 79.9. The van der Waals surface area contributed by atoms with Gasteiger partial charge in [0.25, 0.3) is 0 Å². The van der Waals surface area contributed by atoms with Crippen LogP contribution in [0, 0.1) is 5.92 Å². The van der Waals surface area contributed by atoms with Crippen molar-refractivity contribution in [3.8, 4) is 0 Å². The number of halogens is 1. The van der Waals surface area contributed by atoms with Crippen LogP contribution in [-0.2, 0) is 0 Å². The number of benzene rings is 1. The van der Waals surface area contributed by atoms with E-state index in [9.17, 15) is 0 Å². The Morgan fingerprint density at radius 2 is 2.05 bits per heavy atom. The van der Waals surface area contributed by atoms with Gasteiger partial charge in [-0.3, -0.25) is 0 Å². The zero-order valence-corrected chi connectivity index (χ0v) is 14.2. The molecule has 0 aromatic heterocycles. The van der Waals surface area contributed by atoms with Crippen molar-refractivity contribution in [1.82, 2.24) is 0 Å². The number of hydrogen-bond donors (Lipinski definition) is 1. The van der Waals surface area contributed by atoms with Crippen molar-refractivity contribution in [3.05, 3.63) is 34.3 Å². The monoisotopic (exact) mass is 341 g/mol. The van der Waals surface area contributed by atoms with E-state index in [2.05, 4.69) is 65.8 Å². The Labute approximate surface area is 129 Å². The normalized spacial score (nSPS) is 26.9. The molecule has 0 bridgehead atoms. The molecule has 1 fully saturated rings. The summed E-state index contributed by atoms with van der Waals surface area (Å²) >= 11 is 5.76. The summed E-state index contributed by atoms with van der Waals surface area (Å²) in [5, 5.41) is 1.16. The molecule has 1 aromatic carbocycles. The summed E-state index contributed by atoms with van der Waals surface area (Å²) in [7, 11) is 0. The second-order valence-electron chi connectivity index (χ2n) is 5.83. The molecule has 1 aliphatic carbocycles. The van der Waals surface area contributed by atoms with E-state index in [1.165, 1.54) is 35.7 Å². The zero-order valence-electron chi connectivity index (χ0n) is 11.8. The van der Waals surface area contributed by atoms with Crippen molar-refractivity contribution < 1.29 is 0 Å². The average molecular weight is 342 g/mol. The van der Waals surface area contributed by atoms with Gasteiger partial charge in [0.15, 0.2) is 0 Å². The zero-order chi connectivity index (χ0) is 13.8. The lowest BCUT2D eigenvalue weighted by atomic mass is 9.90. The van der Waals surface area contributed by atoms with Crippen molar-refractivity contribution >= 4 is 27.7 Å². The van der Waals surface area contributed by atoms with Gasteiger partial charge in [0.05, 0.1) is 0 Å². The molecular weight excluding hydrogens is 318 g/mol. The van der Waals surface area contributed by atoms with E-state index in [0.717, 1.165) is 11.2 Å². The summed E-state index contributed by atoms with van der Waals surface area (Å²) in [6.07, 6.45) is 5.47. The minimum atomic E-state index is 0.181. The van der Waals surface area contributed by atoms with Crippen LogP contribution in [0.1, 0.15) is 50.3 Å². The molecule has 1 nitrogen and oxygen atoms in total. The number of thioether (sulfide) groups is 1. The minimum Gasteiger partial charge on any atom is -0.327 e. The van der Waals surface area contributed by atoms with Gasteiger partial charge in [-0.15, -0.1) is 11.8 Å². The molecular formula is C16H24BrNS. The van der Waals surface area contributed by atoms with Gasteiger partial charge in [-0.1, -0.05) is 53.9 Å². The highest BCUT2D eigenvalue weighted by Gasteiger charge is 2.26. The largest absolute Gasteiger partial charge is 0.327 e. The maximum absolute atomic E-state index is 6.25. The van der Waals surface area contributed by atoms with Gasteiger partial charge in [-0.05, 0) is 37.3 Å². The van der Waals surface area contributed by atoms with Gasteiger partial charge in [-0.25, -0.2) is 0 Å². The minimum absolute atomic E-state index is 0.181. The molecule has 1 saturated carbocycles. The number of hydrogen-bond acceptors (Lipinski definition) is 2. The highest BCUT2D eigenvalue weighted by molar-refractivity contribution is 9.10. The Balaban J connectivity index is 2.10. The molecule has 0 saturated heterocycles. The predicted octanol–water partition coefficient (Wildman–Crippen LogP) is 5.15. The molecule has 0 heterocycles. The molecule has 1 aromatic rings. The van der Waals surface area contributed by atoms with Gasteiger partial charge < -0.3 is 5.73 Å². The molecule has 2 N–H and O–H groups in total. The molecule has 3 heteroatoms. The molecule has 4 unspecified atom stereocenters. The van der Waals surface area contributed by atoms with Crippen molar-refractivity contribution in [2.24, 2.45) is 11.7 Å². The third-order valence-corrected chi connectivity index (χ3v) is 6.43. The molecule has 4 atom stereocenters. The topological polar surface area (TPSA) is 26.0 Å². The standard InChI is InChI=1S/C16H24BrNS/c1-11-6-5-7-13(10-11)19-16(12(2)18)14-8-3-4-9-15(14)17/h3-4,8-9,11-13,16H,5-7,10,18H2,1-2H3. The SMILES string of the molecule is CC1CCCC(SC(c2ccccc2Br)C(C)N)C1. The summed E-state index contributed by atoms with van der Waals surface area (Å²) in [4.78, 5) is 0. The first-order valence-corrected chi connectivity index (χ1v) is 8.97. The quantitative estimate of drug-likeness (QED) is 0.819. The second kappa shape index (κ2) is 7.14. The Bertz CT molecular complexity index is 407. The fourth-order valence-corrected chi connectivity index (χ4v) is 5.34. The van der Waals surface area contributed by atoms with Crippen LogP contribution in [0.4, 0.5) is 0 Å². The predicted molar refractivity (Wildman–Crippen MR) is 89.5 cm³/mol. The molecule has 0 amide bonds. The summed E-state index contributed by atoms with van der Waals surface area (Å²) in [6, 6.07) is 8.69. The van der Waals surface area contributed by atoms with Gasteiger partial charge >= 0.3 is 0 Å². The van der Waals surface area contributed by atoms with Crippen LogP contribution in [0.25, 0.3) is 0 Å². The van der Waals surface area contributed by atoms with Gasteiger partial charge in [0.2, 0.25) is 0 Å². The Kier molecular flexibility index (Phi) is 5.79. The van der Waals surface area contributed by atoms with Crippen LogP contribution in [-0.4, -0.2) is 11.3 Å². The van der Waals surface area contributed by atoms with Gasteiger partial charge in [0.1, 0.15) is 0 Å². The van der Waals surface area contributed by atoms with Crippen LogP contribution in [0.5, 0.6) is 0 Å². The van der Waals surface area contributed by atoms with Crippen LogP contribution in [0.2, 0.25) is 0 Å². The van der Waals surface area contributed by atoms with E-state index in [0.29, 0.717) is 5.25 Å². The van der Waals surface area contributed by atoms with Crippen LogP contribution >= 0.6 is 27.7 Å². The van der Waals surface area contributed by atoms with Crippen LogP contribution in [0.3, 0.4) is 0 Å². The third kappa shape index (κ3) is 4.24. The lowest BCUT2D eigenvalue weighted by Gasteiger charge is -2.31. The first-order chi connectivity index (χ1) is 9.08. The number of nitrogens with two attached hydrogens (primary N) is 1. The smallest absolute Gasteiger partial charge is 0.0459 e. The molecule has 0 radical (unpaired) electrons. The van der Waals surface area contributed by atoms with Crippen molar-refractivity contribution in [2.45, 2.75) is 56.1 Å². The fraction of sp³-hybridized carbons (Fsp3) is 0.625. The lowest BCUT2D eigenvalue weighted by Crippen LogP contribution is -2.26. The molecule has 19 heavy (non-hydrogen) atoms. The molecule has 0 spiro atoms. The van der Waals surface area contributed by atoms with Crippen LogP contribution in [0.15, 0.2) is 28.7 Å². The summed E-state index contributed by atoms with van der Waals surface area (Å²) < 4.78 is 1.19. The van der Waals surface area contributed by atoms with Crippen molar-refractivity contribution in [2.75, 3.05) is 0 Å². The summed E-state index contributed by atoms with van der Waals surface area (Å²) in [6.45, 7) is 4.51. The van der Waals surface area contributed by atoms with Crippen molar-refractivity contribution in [3.63, 3.8) is 0 Å². The molecule has 0 aliphatic heterocycles.